The van der Waals surface area contributed by atoms with Crippen molar-refractivity contribution in [1.82, 2.24) is 19.4 Å². The molecule has 8 heteroatoms. The average molecular weight is 512 g/mol. The molecule has 0 radical (unpaired) electrons. The molecule has 4 aromatic rings. The van der Waals surface area contributed by atoms with E-state index in [9.17, 15) is 14.9 Å². The number of piperazine rings is 1. The molecule has 1 aromatic heterocycles. The number of fused-ring (bicyclic) bond motifs is 1. The molecule has 0 unspecified atom stereocenters. The summed E-state index contributed by atoms with van der Waals surface area (Å²) in [4.78, 5) is 33.1. The lowest BCUT2D eigenvalue weighted by Gasteiger charge is -2.41. The van der Waals surface area contributed by atoms with Crippen LogP contribution in [-0.4, -0.2) is 55.9 Å². The number of imidazole rings is 1. The summed E-state index contributed by atoms with van der Waals surface area (Å²) in [6.45, 7) is 5.74. The molecule has 0 bridgehead atoms. The zero-order valence-electron chi connectivity index (χ0n) is 21.7. The Hall–Kier alpha value is -4.04. The van der Waals surface area contributed by atoms with E-state index in [0.717, 1.165) is 59.9 Å². The zero-order chi connectivity index (χ0) is 26.5. The van der Waals surface area contributed by atoms with Gasteiger partial charge in [0.05, 0.1) is 16.9 Å². The average Bonchev–Trinajstić information content (AvgIpc) is 3.38. The van der Waals surface area contributed by atoms with Gasteiger partial charge in [-0.3, -0.25) is 19.8 Å². The molecule has 0 saturated carbocycles. The van der Waals surface area contributed by atoms with E-state index in [1.807, 2.05) is 59.9 Å². The molecule has 8 nitrogen and oxygen atoms in total. The maximum absolute atomic E-state index is 13.6. The minimum atomic E-state index is -0.381. The Morgan fingerprint density at radius 1 is 1.03 bits per heavy atom. The summed E-state index contributed by atoms with van der Waals surface area (Å²) in [7, 11) is 0. The second kappa shape index (κ2) is 11.6. The van der Waals surface area contributed by atoms with Crippen molar-refractivity contribution in [2.24, 2.45) is 0 Å². The second-order valence-electron chi connectivity index (χ2n) is 9.98. The van der Waals surface area contributed by atoms with Gasteiger partial charge in [0.25, 0.3) is 11.6 Å². The zero-order valence-corrected chi connectivity index (χ0v) is 21.7. The van der Waals surface area contributed by atoms with Crippen molar-refractivity contribution in [2.75, 3.05) is 19.6 Å². The van der Waals surface area contributed by atoms with Crippen LogP contribution in [0.2, 0.25) is 0 Å². The molecule has 1 fully saturated rings. The number of benzene rings is 3. The molecule has 1 aliphatic heterocycles. The summed E-state index contributed by atoms with van der Waals surface area (Å²) in [5.74, 6) is 0.103. The minimum Gasteiger partial charge on any atom is -0.336 e. The van der Waals surface area contributed by atoms with Crippen molar-refractivity contribution in [3.05, 3.63) is 106 Å². The maximum atomic E-state index is 13.6. The molecule has 1 amide bonds. The molecule has 1 aliphatic rings. The van der Waals surface area contributed by atoms with Gasteiger partial charge in [-0.2, -0.15) is 0 Å². The van der Waals surface area contributed by atoms with Gasteiger partial charge in [-0.1, -0.05) is 68.3 Å². The van der Waals surface area contributed by atoms with E-state index in [2.05, 4.69) is 21.4 Å². The first-order valence-electron chi connectivity index (χ1n) is 13.3. The van der Waals surface area contributed by atoms with Crippen LogP contribution in [-0.2, 0) is 13.1 Å². The van der Waals surface area contributed by atoms with Crippen LogP contribution in [0, 0.1) is 10.1 Å². The topological polar surface area (TPSA) is 84.5 Å². The molecule has 1 saturated heterocycles. The van der Waals surface area contributed by atoms with Crippen molar-refractivity contribution in [1.29, 1.82) is 0 Å². The summed E-state index contributed by atoms with van der Waals surface area (Å²) in [5, 5.41) is 13.1. The lowest BCUT2D eigenvalue weighted by atomic mass is 10.0. The van der Waals surface area contributed by atoms with Gasteiger partial charge in [0.1, 0.15) is 0 Å². The smallest absolute Gasteiger partial charge is 0.269 e. The number of nitro benzene ring substituents is 1. The summed E-state index contributed by atoms with van der Waals surface area (Å²) < 4.78 is 2.10. The van der Waals surface area contributed by atoms with Crippen LogP contribution >= 0.6 is 0 Å². The Bertz CT molecular complexity index is 1410. The molecule has 38 heavy (non-hydrogen) atoms. The van der Waals surface area contributed by atoms with E-state index >= 15 is 0 Å². The Kier molecular flexibility index (Phi) is 7.79. The summed E-state index contributed by atoms with van der Waals surface area (Å²) in [6, 6.07) is 21.0. The Labute approximate surface area is 222 Å². The van der Waals surface area contributed by atoms with Gasteiger partial charge >= 0.3 is 0 Å². The number of hydrogen-bond acceptors (Lipinski definition) is 5. The van der Waals surface area contributed by atoms with Crippen molar-refractivity contribution in [3.63, 3.8) is 0 Å². The highest BCUT2D eigenvalue weighted by Crippen LogP contribution is 2.24. The van der Waals surface area contributed by atoms with Crippen LogP contribution in [0.5, 0.6) is 0 Å². The summed E-state index contributed by atoms with van der Waals surface area (Å²) in [6.07, 6.45) is 6.97. The number of aromatic nitrogens is 2. The molecule has 5 rings (SSSR count). The predicted octanol–water partition coefficient (Wildman–Crippen LogP) is 5.51. The number of rotatable bonds is 9. The van der Waals surface area contributed by atoms with Gasteiger partial charge in [0, 0.05) is 62.7 Å². The molecule has 3 aromatic carbocycles. The van der Waals surface area contributed by atoms with Crippen LogP contribution in [0.1, 0.15) is 47.8 Å². The third kappa shape index (κ3) is 5.60. The third-order valence-corrected chi connectivity index (χ3v) is 7.47. The van der Waals surface area contributed by atoms with Crippen LogP contribution < -0.4 is 0 Å². The fraction of sp³-hybridized carbons (Fsp3) is 0.333. The molecule has 196 valence electrons. The fourth-order valence-electron chi connectivity index (χ4n) is 5.33. The number of unbranched alkanes of at least 4 members (excludes halogenated alkanes) is 1. The van der Waals surface area contributed by atoms with E-state index in [1.165, 1.54) is 0 Å². The molecule has 0 spiro atoms. The Balaban J connectivity index is 1.30. The number of nitro groups is 1. The normalized spacial score (nSPS) is 16.1. The molecule has 2 heterocycles. The van der Waals surface area contributed by atoms with Crippen molar-refractivity contribution < 1.29 is 9.72 Å². The number of carbonyl (C=O) groups excluding carboxylic acids is 1. The van der Waals surface area contributed by atoms with Crippen molar-refractivity contribution in [3.8, 4) is 0 Å². The third-order valence-electron chi connectivity index (χ3n) is 7.47. The number of carbonyl (C=O) groups is 1. The van der Waals surface area contributed by atoms with E-state index < -0.39 is 0 Å². The Morgan fingerprint density at radius 3 is 2.61 bits per heavy atom. The van der Waals surface area contributed by atoms with Crippen LogP contribution in [0.25, 0.3) is 10.8 Å². The lowest BCUT2D eigenvalue weighted by molar-refractivity contribution is -0.384. The standard InChI is InChI=1S/C30H33N5O3/c1-2-3-9-26-20-33(30(36)29-11-6-8-24-7-4-5-10-28(24)29)17-16-32(26)21-27-18-31-22-34(27)19-23-12-14-25(15-13-23)35(37)38/h4-8,10-15,18,22,26H,2-3,9,16-17,19-21H2,1H3/t26-/m0/s1. The first-order chi connectivity index (χ1) is 18.5. The summed E-state index contributed by atoms with van der Waals surface area (Å²) in [5.41, 5.74) is 2.95. The highest BCUT2D eigenvalue weighted by Gasteiger charge is 2.30. The molecule has 0 aliphatic carbocycles. The van der Waals surface area contributed by atoms with Crippen LogP contribution in [0.4, 0.5) is 5.69 Å². The van der Waals surface area contributed by atoms with Crippen molar-refractivity contribution in [2.45, 2.75) is 45.3 Å². The van der Waals surface area contributed by atoms with E-state index in [-0.39, 0.29) is 22.6 Å². The second-order valence-corrected chi connectivity index (χ2v) is 9.98. The van der Waals surface area contributed by atoms with Gasteiger partial charge < -0.3 is 9.47 Å². The van der Waals surface area contributed by atoms with E-state index in [0.29, 0.717) is 19.6 Å². The maximum Gasteiger partial charge on any atom is 0.269 e. The molecular formula is C30H33N5O3. The van der Waals surface area contributed by atoms with E-state index in [1.54, 1.807) is 24.3 Å². The van der Waals surface area contributed by atoms with Crippen LogP contribution in [0.15, 0.2) is 79.3 Å². The number of amides is 1. The summed E-state index contributed by atoms with van der Waals surface area (Å²) >= 11 is 0. The van der Waals surface area contributed by atoms with Gasteiger partial charge in [0.2, 0.25) is 0 Å². The van der Waals surface area contributed by atoms with Gasteiger partial charge in [-0.15, -0.1) is 0 Å². The first kappa shape index (κ1) is 25.6. The molecular weight excluding hydrogens is 478 g/mol. The lowest BCUT2D eigenvalue weighted by Crippen LogP contribution is -2.54. The number of non-ortho nitro benzene ring substituents is 1. The highest BCUT2D eigenvalue weighted by atomic mass is 16.6. The number of hydrogen-bond donors (Lipinski definition) is 0. The Morgan fingerprint density at radius 2 is 1.82 bits per heavy atom. The first-order valence-corrected chi connectivity index (χ1v) is 13.3. The fourth-order valence-corrected chi connectivity index (χ4v) is 5.33. The largest absolute Gasteiger partial charge is 0.336 e. The molecule has 1 atom stereocenters. The van der Waals surface area contributed by atoms with Crippen LogP contribution in [0.3, 0.4) is 0 Å². The van der Waals surface area contributed by atoms with Gasteiger partial charge in [-0.05, 0) is 28.8 Å². The number of nitrogens with zero attached hydrogens (tertiary/aromatic N) is 5. The monoisotopic (exact) mass is 511 g/mol. The SMILES string of the molecule is CCCC[C@H]1CN(C(=O)c2cccc3ccccc23)CCN1Cc1cncn1Cc1ccc([N+](=O)[O-])cc1. The van der Waals surface area contributed by atoms with E-state index in [4.69, 9.17) is 0 Å². The van der Waals surface area contributed by atoms with Gasteiger partial charge in [0.15, 0.2) is 0 Å². The highest BCUT2D eigenvalue weighted by molar-refractivity contribution is 6.07. The quantitative estimate of drug-likeness (QED) is 0.219. The molecule has 0 N–H and O–H groups in total. The van der Waals surface area contributed by atoms with Crippen molar-refractivity contribution >= 4 is 22.4 Å². The van der Waals surface area contributed by atoms with Gasteiger partial charge in [-0.25, -0.2) is 4.98 Å². The predicted molar refractivity (Wildman–Crippen MR) is 148 cm³/mol. The minimum absolute atomic E-state index is 0.0919.